The molecule has 3 aromatic carbocycles. The summed E-state index contributed by atoms with van der Waals surface area (Å²) in [6, 6.07) is 24.7. The number of ether oxygens (including phenoxy) is 1. The van der Waals surface area contributed by atoms with Crippen LogP contribution in [0.15, 0.2) is 72.8 Å². The molecule has 2 heterocycles. The molecule has 6 heteroatoms. The quantitative estimate of drug-likeness (QED) is 0.420. The van der Waals surface area contributed by atoms with Gasteiger partial charge in [-0.25, -0.2) is 0 Å². The maximum Gasteiger partial charge on any atom is 0.113 e. The van der Waals surface area contributed by atoms with Crippen LogP contribution >= 0.6 is 0 Å². The average molecular weight is 448 g/mol. The fraction of sp³-hybridized carbons (Fsp3) is 0.333. The molecular formula is C27H29NO5. The van der Waals surface area contributed by atoms with Crippen LogP contribution in [0.1, 0.15) is 34.4 Å². The summed E-state index contributed by atoms with van der Waals surface area (Å²) in [6.45, 7) is 0.418. The van der Waals surface area contributed by atoms with E-state index in [9.17, 15) is 20.4 Å². The minimum absolute atomic E-state index is 0.0107. The second-order valence-corrected chi connectivity index (χ2v) is 8.83. The number of benzene rings is 3. The molecule has 6 nitrogen and oxygen atoms in total. The van der Waals surface area contributed by atoms with Crippen LogP contribution in [-0.4, -0.2) is 58.0 Å². The molecule has 172 valence electrons. The highest BCUT2D eigenvalue weighted by Crippen LogP contribution is 2.36. The maximum absolute atomic E-state index is 10.6. The summed E-state index contributed by atoms with van der Waals surface area (Å²) in [5.74, 6) is 0. The predicted molar refractivity (Wildman–Crippen MR) is 125 cm³/mol. The molecular weight excluding hydrogens is 418 g/mol. The fourth-order valence-electron chi connectivity index (χ4n) is 4.92. The Labute approximate surface area is 193 Å². The summed E-state index contributed by atoms with van der Waals surface area (Å²) < 4.78 is 5.78. The molecule has 1 fully saturated rings. The molecule has 1 saturated heterocycles. The van der Waals surface area contributed by atoms with Crippen molar-refractivity contribution < 1.29 is 25.2 Å². The number of hydrogen-bond acceptors (Lipinski definition) is 6. The number of fused-ring (bicyclic) bond motifs is 1. The highest BCUT2D eigenvalue weighted by Gasteiger charge is 2.44. The van der Waals surface area contributed by atoms with Crippen molar-refractivity contribution in [3.63, 3.8) is 0 Å². The summed E-state index contributed by atoms with van der Waals surface area (Å²) in [7, 11) is 0. The fourth-order valence-corrected chi connectivity index (χ4v) is 4.92. The Kier molecular flexibility index (Phi) is 6.29. The van der Waals surface area contributed by atoms with Crippen LogP contribution in [0.5, 0.6) is 0 Å². The van der Waals surface area contributed by atoms with Crippen molar-refractivity contribution in [2.75, 3.05) is 13.2 Å². The summed E-state index contributed by atoms with van der Waals surface area (Å²) in [4.78, 5) is 0. The minimum Gasteiger partial charge on any atom is -0.394 e. The van der Waals surface area contributed by atoms with Gasteiger partial charge in [0.15, 0.2) is 0 Å². The molecule has 0 bridgehead atoms. The van der Waals surface area contributed by atoms with Crippen LogP contribution < -0.4 is 5.32 Å². The molecule has 6 atom stereocenters. The van der Waals surface area contributed by atoms with Gasteiger partial charge in [-0.1, -0.05) is 72.8 Å². The zero-order valence-corrected chi connectivity index (χ0v) is 18.2. The van der Waals surface area contributed by atoms with Gasteiger partial charge < -0.3 is 30.5 Å². The van der Waals surface area contributed by atoms with Gasteiger partial charge in [0, 0.05) is 6.54 Å². The van der Waals surface area contributed by atoms with Crippen LogP contribution in [-0.2, 0) is 11.2 Å². The molecule has 0 unspecified atom stereocenters. The second-order valence-electron chi connectivity index (χ2n) is 8.83. The topological polar surface area (TPSA) is 102 Å². The van der Waals surface area contributed by atoms with Crippen LogP contribution in [0.4, 0.5) is 0 Å². The van der Waals surface area contributed by atoms with Crippen molar-refractivity contribution in [2.45, 2.75) is 43.0 Å². The summed E-state index contributed by atoms with van der Waals surface area (Å²) in [6.07, 6.45) is -4.92. The Morgan fingerprint density at radius 1 is 0.788 bits per heavy atom. The van der Waals surface area contributed by atoms with Crippen molar-refractivity contribution in [3.05, 3.63) is 95.1 Å². The average Bonchev–Trinajstić information content (AvgIpc) is 2.87. The van der Waals surface area contributed by atoms with E-state index < -0.39 is 37.1 Å². The number of nitrogens with one attached hydrogen (secondary N) is 1. The van der Waals surface area contributed by atoms with Crippen LogP contribution in [0.2, 0.25) is 0 Å². The zero-order valence-electron chi connectivity index (χ0n) is 18.2. The first kappa shape index (κ1) is 22.2. The van der Waals surface area contributed by atoms with Crippen molar-refractivity contribution in [2.24, 2.45) is 0 Å². The van der Waals surface area contributed by atoms with Gasteiger partial charge in [0.1, 0.15) is 30.5 Å². The third-order valence-corrected chi connectivity index (χ3v) is 6.80. The van der Waals surface area contributed by atoms with Crippen LogP contribution in [0.3, 0.4) is 0 Å². The standard InChI is InChI=1S/C27H29NO5/c29-15-22-24(30)25(31)26(32)27(33-22)20-11-8-18-12-13-28-23(21(18)14-20)19-9-6-17(7-10-19)16-4-2-1-3-5-16/h1-11,14,22-32H,12-13,15H2/t22-,23+,24-,25+,26-,27+/m1/s1. The molecule has 0 aliphatic carbocycles. The number of rotatable bonds is 4. The molecule has 3 aromatic rings. The summed E-state index contributed by atoms with van der Waals surface area (Å²) in [5, 5.41) is 44.0. The Hall–Kier alpha value is -2.58. The second kappa shape index (κ2) is 9.35. The van der Waals surface area contributed by atoms with E-state index in [1.165, 1.54) is 11.1 Å². The molecule has 0 amide bonds. The molecule has 0 radical (unpaired) electrons. The molecule has 33 heavy (non-hydrogen) atoms. The lowest BCUT2D eigenvalue weighted by atomic mass is 9.85. The van der Waals surface area contributed by atoms with Gasteiger partial charge in [0.05, 0.1) is 12.6 Å². The van der Waals surface area contributed by atoms with E-state index in [0.29, 0.717) is 5.56 Å². The molecule has 5 N–H and O–H groups in total. The van der Waals surface area contributed by atoms with Crippen molar-refractivity contribution in [1.29, 1.82) is 0 Å². The lowest BCUT2D eigenvalue weighted by molar-refractivity contribution is -0.231. The Balaban J connectivity index is 1.45. The number of hydrogen-bond donors (Lipinski definition) is 5. The minimum atomic E-state index is -1.39. The smallest absolute Gasteiger partial charge is 0.113 e. The first-order valence-electron chi connectivity index (χ1n) is 11.4. The Morgan fingerprint density at radius 3 is 2.21 bits per heavy atom. The third-order valence-electron chi connectivity index (χ3n) is 6.80. The lowest BCUT2D eigenvalue weighted by Crippen LogP contribution is -2.55. The largest absolute Gasteiger partial charge is 0.394 e. The van der Waals surface area contributed by atoms with Crippen molar-refractivity contribution in [1.82, 2.24) is 5.32 Å². The van der Waals surface area contributed by atoms with Crippen LogP contribution in [0.25, 0.3) is 11.1 Å². The van der Waals surface area contributed by atoms with E-state index in [1.54, 1.807) is 0 Å². The van der Waals surface area contributed by atoms with Gasteiger partial charge >= 0.3 is 0 Å². The summed E-state index contributed by atoms with van der Waals surface area (Å²) >= 11 is 0. The van der Waals surface area contributed by atoms with Crippen molar-refractivity contribution in [3.8, 4) is 11.1 Å². The number of aliphatic hydroxyl groups excluding tert-OH is 4. The van der Waals surface area contributed by atoms with Gasteiger partial charge in [-0.05, 0) is 39.8 Å². The predicted octanol–water partition coefficient (Wildman–Crippen LogP) is 2.10. The zero-order chi connectivity index (χ0) is 22.9. The van der Waals surface area contributed by atoms with Crippen molar-refractivity contribution >= 4 is 0 Å². The van der Waals surface area contributed by atoms with E-state index in [1.807, 2.05) is 36.4 Å². The van der Waals surface area contributed by atoms with Gasteiger partial charge in [-0.3, -0.25) is 0 Å². The molecule has 0 spiro atoms. The van der Waals surface area contributed by atoms with Gasteiger partial charge in [-0.15, -0.1) is 0 Å². The number of aliphatic hydroxyl groups is 4. The summed E-state index contributed by atoms with van der Waals surface area (Å²) in [5.41, 5.74) is 6.50. The van der Waals surface area contributed by atoms with Gasteiger partial charge in [0.25, 0.3) is 0 Å². The lowest BCUT2D eigenvalue weighted by Gasteiger charge is -2.40. The normalized spacial score (nSPS) is 29.5. The molecule has 0 saturated carbocycles. The van der Waals surface area contributed by atoms with E-state index in [4.69, 9.17) is 4.74 Å². The van der Waals surface area contributed by atoms with E-state index in [0.717, 1.165) is 29.7 Å². The first-order valence-corrected chi connectivity index (χ1v) is 11.4. The molecule has 2 aliphatic rings. The first-order chi connectivity index (χ1) is 16.1. The van der Waals surface area contributed by atoms with Gasteiger partial charge in [-0.2, -0.15) is 0 Å². The van der Waals surface area contributed by atoms with Crippen LogP contribution in [0, 0.1) is 0 Å². The highest BCUT2D eigenvalue weighted by molar-refractivity contribution is 5.63. The third kappa shape index (κ3) is 4.22. The Morgan fingerprint density at radius 2 is 1.48 bits per heavy atom. The molecule has 5 rings (SSSR count). The molecule has 2 aliphatic heterocycles. The monoisotopic (exact) mass is 447 g/mol. The highest BCUT2D eigenvalue weighted by atomic mass is 16.5. The molecule has 0 aromatic heterocycles. The van der Waals surface area contributed by atoms with E-state index in [2.05, 4.69) is 41.7 Å². The maximum atomic E-state index is 10.6. The Bertz CT molecular complexity index is 1090. The van der Waals surface area contributed by atoms with E-state index >= 15 is 0 Å². The van der Waals surface area contributed by atoms with Gasteiger partial charge in [0.2, 0.25) is 0 Å². The van der Waals surface area contributed by atoms with E-state index in [-0.39, 0.29) is 6.04 Å². The SMILES string of the molecule is OC[C@H]1O[C@@H](c2ccc3c(c2)[C@H](c2ccc(-c4ccccc4)cc2)NCC3)[C@H](O)[C@@H](O)[C@@H]1O.